The Balaban J connectivity index is 1.88. The van der Waals surface area contributed by atoms with Gasteiger partial charge in [-0.3, -0.25) is 9.59 Å². The predicted octanol–water partition coefficient (Wildman–Crippen LogP) is 1.10. The number of anilines is 1. The third kappa shape index (κ3) is 2.61. The van der Waals surface area contributed by atoms with Gasteiger partial charge in [0.1, 0.15) is 17.6 Å². The zero-order valence-electron chi connectivity index (χ0n) is 11.7. The number of amides is 1. The van der Waals surface area contributed by atoms with Gasteiger partial charge in [-0.15, -0.1) is 11.3 Å². The minimum absolute atomic E-state index is 0.263. The highest BCUT2D eigenvalue weighted by molar-refractivity contribution is 7.15. The summed E-state index contributed by atoms with van der Waals surface area (Å²) >= 11 is 1.22. The average Bonchev–Trinajstić information content (AvgIpc) is 2.90. The highest BCUT2D eigenvalue weighted by Gasteiger charge is 2.18. The van der Waals surface area contributed by atoms with Crippen molar-refractivity contribution in [2.45, 2.75) is 13.0 Å². The van der Waals surface area contributed by atoms with Crippen molar-refractivity contribution >= 4 is 28.0 Å². The second-order valence-electron chi connectivity index (χ2n) is 4.70. The van der Waals surface area contributed by atoms with Crippen molar-refractivity contribution in [1.82, 2.24) is 14.6 Å². The van der Waals surface area contributed by atoms with Gasteiger partial charge in [-0.05, 0) is 12.5 Å². The van der Waals surface area contributed by atoms with Crippen LogP contribution in [-0.2, 0) is 4.79 Å². The number of aryl methyl sites for hydroxylation is 1. The van der Waals surface area contributed by atoms with Crippen LogP contribution in [0.15, 0.2) is 40.5 Å². The Morgan fingerprint density at radius 1 is 1.36 bits per heavy atom. The molecular weight excluding hydrogens is 302 g/mol. The molecule has 2 heterocycles. The lowest BCUT2D eigenvalue weighted by atomic mass is 10.1. The molecule has 0 fully saturated rings. The number of hydrogen-bond donors (Lipinski definition) is 2. The summed E-state index contributed by atoms with van der Waals surface area (Å²) in [5, 5.41) is 8.50. The average molecular weight is 315 g/mol. The van der Waals surface area contributed by atoms with Crippen molar-refractivity contribution in [1.29, 1.82) is 0 Å². The summed E-state index contributed by atoms with van der Waals surface area (Å²) in [5.74, 6) is 0.0797. The van der Waals surface area contributed by atoms with Crippen LogP contribution in [0.25, 0.3) is 4.96 Å². The van der Waals surface area contributed by atoms with Crippen LogP contribution in [0.5, 0.6) is 0 Å². The van der Waals surface area contributed by atoms with Gasteiger partial charge in [0.25, 0.3) is 5.56 Å². The first kappa shape index (κ1) is 14.4. The maximum atomic E-state index is 12.3. The number of nitrogens with one attached hydrogen (secondary N) is 1. The molecule has 2 aromatic heterocycles. The number of rotatable bonds is 3. The van der Waals surface area contributed by atoms with Crippen LogP contribution in [0, 0.1) is 6.92 Å². The molecule has 1 atom stereocenters. The first-order valence-electron chi connectivity index (χ1n) is 6.53. The van der Waals surface area contributed by atoms with Crippen molar-refractivity contribution in [2.75, 3.05) is 5.32 Å². The molecule has 1 aromatic carbocycles. The van der Waals surface area contributed by atoms with Crippen LogP contribution in [0.3, 0.4) is 0 Å². The molecule has 1 unspecified atom stereocenters. The smallest absolute Gasteiger partial charge is 0.295 e. The lowest BCUT2D eigenvalue weighted by Gasteiger charge is -2.11. The number of nitrogens with zero attached hydrogens (tertiary/aromatic N) is 3. The highest BCUT2D eigenvalue weighted by Crippen LogP contribution is 2.18. The number of fused-ring (bicyclic) bond motifs is 1. The molecule has 0 aliphatic rings. The maximum Gasteiger partial charge on any atom is 0.295 e. The van der Waals surface area contributed by atoms with Crippen molar-refractivity contribution in [2.24, 2.45) is 5.73 Å². The van der Waals surface area contributed by atoms with Gasteiger partial charge in [0.15, 0.2) is 0 Å². The van der Waals surface area contributed by atoms with Crippen LogP contribution in [0.2, 0.25) is 0 Å². The summed E-state index contributed by atoms with van der Waals surface area (Å²) < 4.78 is 1.43. The Morgan fingerprint density at radius 3 is 2.82 bits per heavy atom. The zero-order chi connectivity index (χ0) is 15.7. The maximum absolute atomic E-state index is 12.3. The minimum atomic E-state index is -0.787. The van der Waals surface area contributed by atoms with E-state index in [1.807, 2.05) is 18.2 Å². The Labute approximate surface area is 129 Å². The first-order chi connectivity index (χ1) is 10.6. The van der Waals surface area contributed by atoms with E-state index in [0.717, 1.165) is 0 Å². The number of benzene rings is 1. The minimum Gasteiger partial charge on any atom is -0.316 e. The molecule has 8 heteroatoms. The molecule has 3 rings (SSSR count). The van der Waals surface area contributed by atoms with Crippen molar-refractivity contribution < 1.29 is 4.79 Å². The molecular formula is C14H13N5O2S. The van der Waals surface area contributed by atoms with Gasteiger partial charge in [0, 0.05) is 5.38 Å². The fourth-order valence-corrected chi connectivity index (χ4v) is 2.69. The van der Waals surface area contributed by atoms with E-state index < -0.39 is 6.04 Å². The number of carbonyl (C=O) groups is 1. The molecule has 22 heavy (non-hydrogen) atoms. The van der Waals surface area contributed by atoms with E-state index in [0.29, 0.717) is 16.3 Å². The van der Waals surface area contributed by atoms with E-state index in [-0.39, 0.29) is 17.2 Å². The van der Waals surface area contributed by atoms with E-state index >= 15 is 0 Å². The van der Waals surface area contributed by atoms with Gasteiger partial charge in [-0.2, -0.15) is 14.6 Å². The molecule has 1 amide bonds. The summed E-state index contributed by atoms with van der Waals surface area (Å²) in [6, 6.07) is 8.29. The quantitative estimate of drug-likeness (QED) is 0.753. The molecule has 7 nitrogen and oxygen atoms in total. The van der Waals surface area contributed by atoms with Crippen LogP contribution >= 0.6 is 11.3 Å². The van der Waals surface area contributed by atoms with Crippen LogP contribution in [0.1, 0.15) is 17.3 Å². The van der Waals surface area contributed by atoms with E-state index in [2.05, 4.69) is 15.4 Å². The molecule has 0 bridgehead atoms. The summed E-state index contributed by atoms with van der Waals surface area (Å²) in [7, 11) is 0. The summed E-state index contributed by atoms with van der Waals surface area (Å²) in [4.78, 5) is 28.0. The monoisotopic (exact) mass is 315 g/mol. The molecule has 0 spiro atoms. The van der Waals surface area contributed by atoms with Gasteiger partial charge in [0.05, 0.1) is 0 Å². The van der Waals surface area contributed by atoms with Crippen molar-refractivity contribution in [3.05, 3.63) is 57.3 Å². The Morgan fingerprint density at radius 2 is 2.09 bits per heavy atom. The Bertz CT molecular complexity index is 887. The second-order valence-corrected chi connectivity index (χ2v) is 5.53. The van der Waals surface area contributed by atoms with E-state index in [9.17, 15) is 9.59 Å². The molecule has 0 aliphatic heterocycles. The number of carbonyl (C=O) groups excluding carboxylic acids is 1. The lowest BCUT2D eigenvalue weighted by Crippen LogP contribution is -2.28. The summed E-state index contributed by atoms with van der Waals surface area (Å²) in [5.41, 5.74) is 6.55. The van der Waals surface area contributed by atoms with Gasteiger partial charge >= 0.3 is 0 Å². The summed E-state index contributed by atoms with van der Waals surface area (Å²) in [6.07, 6.45) is 0. The van der Waals surface area contributed by atoms with Crippen molar-refractivity contribution in [3.63, 3.8) is 0 Å². The molecule has 0 saturated heterocycles. The number of aromatic nitrogens is 3. The molecule has 0 aliphatic carbocycles. The predicted molar refractivity (Wildman–Crippen MR) is 83.9 cm³/mol. The lowest BCUT2D eigenvalue weighted by molar-refractivity contribution is -0.117. The number of nitrogens with two attached hydrogens (primary N) is 1. The van der Waals surface area contributed by atoms with Crippen LogP contribution < -0.4 is 16.6 Å². The van der Waals surface area contributed by atoms with Gasteiger partial charge in [0.2, 0.25) is 10.9 Å². The second kappa shape index (κ2) is 5.66. The largest absolute Gasteiger partial charge is 0.316 e. The molecule has 0 radical (unpaired) electrons. The van der Waals surface area contributed by atoms with Gasteiger partial charge in [-0.25, -0.2) is 0 Å². The fourth-order valence-electron chi connectivity index (χ4n) is 1.94. The number of hydrogen-bond acceptors (Lipinski definition) is 6. The topological polar surface area (TPSA) is 102 Å². The normalized spacial score (nSPS) is 12.3. The standard InChI is InChI=1S/C14H13N5O2S/c1-8-12(20)17-14-19(18-8)10(7-22-14)16-13(21)11(15)9-5-3-2-4-6-9/h2-7,11H,15H2,1H3,(H,16,21). The van der Waals surface area contributed by atoms with Crippen LogP contribution in [0.4, 0.5) is 5.82 Å². The molecule has 3 aromatic rings. The SMILES string of the molecule is Cc1nn2c(NC(=O)C(N)c3ccccc3)csc2nc1=O. The van der Waals surface area contributed by atoms with Crippen molar-refractivity contribution in [3.8, 4) is 0 Å². The third-order valence-corrected chi connectivity index (χ3v) is 3.95. The first-order valence-corrected chi connectivity index (χ1v) is 7.41. The van der Waals surface area contributed by atoms with Gasteiger partial charge < -0.3 is 11.1 Å². The molecule has 3 N–H and O–H groups in total. The molecule has 0 saturated carbocycles. The van der Waals surface area contributed by atoms with Crippen LogP contribution in [-0.4, -0.2) is 20.5 Å². The highest BCUT2D eigenvalue weighted by atomic mass is 32.1. The fraction of sp³-hybridized carbons (Fsp3) is 0.143. The van der Waals surface area contributed by atoms with E-state index in [4.69, 9.17) is 5.73 Å². The van der Waals surface area contributed by atoms with Gasteiger partial charge in [-0.1, -0.05) is 30.3 Å². The Hall–Kier alpha value is -2.58. The van der Waals surface area contributed by atoms with E-state index in [1.54, 1.807) is 24.4 Å². The number of thiazole rings is 1. The zero-order valence-corrected chi connectivity index (χ0v) is 12.5. The van der Waals surface area contributed by atoms with E-state index in [1.165, 1.54) is 15.9 Å². The third-order valence-electron chi connectivity index (χ3n) is 3.13. The Kier molecular flexibility index (Phi) is 3.70. The summed E-state index contributed by atoms with van der Waals surface area (Å²) in [6.45, 7) is 1.57. The molecule has 112 valence electrons.